The highest BCUT2D eigenvalue weighted by Crippen LogP contribution is 2.25. The summed E-state index contributed by atoms with van der Waals surface area (Å²) in [6.45, 7) is 2.07. The van der Waals surface area contributed by atoms with Crippen LogP contribution in [0.25, 0.3) is 33.7 Å². The quantitative estimate of drug-likeness (QED) is 0.468. The zero-order valence-electron chi connectivity index (χ0n) is 13.1. The Balaban J connectivity index is 1.84. The highest BCUT2D eigenvalue weighted by molar-refractivity contribution is 9.10. The van der Waals surface area contributed by atoms with Crippen molar-refractivity contribution in [2.24, 2.45) is 0 Å². The molecule has 0 amide bonds. The van der Waals surface area contributed by atoms with E-state index in [4.69, 9.17) is 4.98 Å². The van der Waals surface area contributed by atoms with Gasteiger partial charge in [0.25, 0.3) is 0 Å². The van der Waals surface area contributed by atoms with Crippen LogP contribution in [-0.2, 0) is 0 Å². The largest absolute Gasteiger partial charge is 0.244 e. The van der Waals surface area contributed by atoms with Crippen molar-refractivity contribution >= 4 is 26.8 Å². The lowest BCUT2D eigenvalue weighted by atomic mass is 10.1. The second kappa shape index (κ2) is 6.13. The van der Waals surface area contributed by atoms with Gasteiger partial charge in [-0.05, 0) is 36.8 Å². The maximum Gasteiger partial charge on any atom is 0.178 e. The molecule has 4 rings (SSSR count). The van der Waals surface area contributed by atoms with E-state index in [2.05, 4.69) is 51.0 Å². The molecule has 0 aliphatic rings. The molecule has 24 heavy (non-hydrogen) atoms. The van der Waals surface area contributed by atoms with E-state index in [1.54, 1.807) is 0 Å². The zero-order valence-corrected chi connectivity index (χ0v) is 14.7. The number of pyridine rings is 1. The van der Waals surface area contributed by atoms with Crippen molar-refractivity contribution < 1.29 is 0 Å². The van der Waals surface area contributed by atoms with Crippen molar-refractivity contribution in [3.05, 3.63) is 76.9 Å². The van der Waals surface area contributed by atoms with Gasteiger partial charge in [-0.15, -0.1) is 0 Å². The second-order valence-corrected chi connectivity index (χ2v) is 6.54. The van der Waals surface area contributed by atoms with Crippen LogP contribution in [0.3, 0.4) is 0 Å². The molecule has 0 aliphatic heterocycles. The Labute approximate surface area is 148 Å². The van der Waals surface area contributed by atoms with E-state index in [0.29, 0.717) is 5.82 Å². The fourth-order valence-electron chi connectivity index (χ4n) is 2.67. The Morgan fingerprint density at radius 3 is 2.54 bits per heavy atom. The van der Waals surface area contributed by atoms with Gasteiger partial charge in [-0.25, -0.2) is 15.0 Å². The number of fused-ring (bicyclic) bond motifs is 1. The Kier molecular flexibility index (Phi) is 3.82. The van der Waals surface area contributed by atoms with Crippen molar-refractivity contribution in [3.63, 3.8) is 0 Å². The Morgan fingerprint density at radius 1 is 0.875 bits per heavy atom. The van der Waals surface area contributed by atoms with E-state index in [0.717, 1.165) is 37.9 Å². The van der Waals surface area contributed by atoms with Gasteiger partial charge < -0.3 is 0 Å². The Bertz CT molecular complexity index is 1030. The van der Waals surface area contributed by atoms with Gasteiger partial charge >= 0.3 is 0 Å². The van der Waals surface area contributed by atoms with Gasteiger partial charge in [-0.1, -0.05) is 52.3 Å². The molecule has 0 fully saturated rings. The molecule has 0 atom stereocenters. The molecular formula is C20H14BrN3. The predicted molar refractivity (Wildman–Crippen MR) is 101 cm³/mol. The number of halogens is 1. The summed E-state index contributed by atoms with van der Waals surface area (Å²) in [6, 6.07) is 20.2. The lowest BCUT2D eigenvalue weighted by molar-refractivity contribution is 1.17. The molecule has 0 unspecified atom stereocenters. The normalized spacial score (nSPS) is 10.9. The maximum atomic E-state index is 4.80. The van der Waals surface area contributed by atoms with Crippen LogP contribution in [0, 0.1) is 6.92 Å². The van der Waals surface area contributed by atoms with Crippen molar-refractivity contribution in [1.29, 1.82) is 0 Å². The monoisotopic (exact) mass is 375 g/mol. The molecule has 2 heterocycles. The van der Waals surface area contributed by atoms with Gasteiger partial charge in [0.05, 0.1) is 11.2 Å². The summed E-state index contributed by atoms with van der Waals surface area (Å²) in [6.07, 6.45) is 1.84. The van der Waals surface area contributed by atoms with Gasteiger partial charge in [0.1, 0.15) is 5.69 Å². The van der Waals surface area contributed by atoms with Gasteiger partial charge in [-0.3, -0.25) is 0 Å². The molecule has 0 spiro atoms. The molecular weight excluding hydrogens is 362 g/mol. The topological polar surface area (TPSA) is 38.7 Å². The maximum absolute atomic E-state index is 4.80. The van der Waals surface area contributed by atoms with E-state index < -0.39 is 0 Å². The number of hydrogen-bond acceptors (Lipinski definition) is 3. The van der Waals surface area contributed by atoms with Gasteiger partial charge in [0, 0.05) is 21.6 Å². The van der Waals surface area contributed by atoms with Crippen molar-refractivity contribution in [2.75, 3.05) is 0 Å². The molecule has 3 nitrogen and oxygen atoms in total. The lowest BCUT2D eigenvalue weighted by Crippen LogP contribution is -1.96. The standard InChI is InChI=1S/C20H14BrN3/c1-13-7-9-18(23-19(13)14-5-3-2-4-6-14)20-22-12-15-11-16(21)8-10-17(15)24-20/h2-12H,1H3. The molecule has 0 saturated heterocycles. The summed E-state index contributed by atoms with van der Waals surface area (Å²) in [5.74, 6) is 0.641. The number of rotatable bonds is 2. The van der Waals surface area contributed by atoms with Crippen molar-refractivity contribution in [2.45, 2.75) is 6.92 Å². The molecule has 0 radical (unpaired) electrons. The van der Waals surface area contributed by atoms with E-state index >= 15 is 0 Å². The van der Waals surface area contributed by atoms with Crippen LogP contribution in [0.1, 0.15) is 5.56 Å². The average Bonchev–Trinajstić information content (AvgIpc) is 2.62. The molecule has 2 aromatic carbocycles. The van der Waals surface area contributed by atoms with E-state index in [1.807, 2.05) is 48.7 Å². The average molecular weight is 376 g/mol. The summed E-state index contributed by atoms with van der Waals surface area (Å²) in [7, 11) is 0. The number of aromatic nitrogens is 3. The summed E-state index contributed by atoms with van der Waals surface area (Å²) in [5.41, 5.74) is 4.89. The first-order valence-corrected chi connectivity index (χ1v) is 8.46. The van der Waals surface area contributed by atoms with Crippen LogP contribution in [0.5, 0.6) is 0 Å². The van der Waals surface area contributed by atoms with Crippen molar-refractivity contribution in [3.8, 4) is 22.8 Å². The molecule has 0 saturated carbocycles. The summed E-state index contributed by atoms with van der Waals surface area (Å²) >= 11 is 3.47. The van der Waals surface area contributed by atoms with Crippen LogP contribution in [0.2, 0.25) is 0 Å². The number of hydrogen-bond donors (Lipinski definition) is 0. The lowest BCUT2D eigenvalue weighted by Gasteiger charge is -2.08. The van der Waals surface area contributed by atoms with Crippen LogP contribution in [-0.4, -0.2) is 15.0 Å². The predicted octanol–water partition coefficient (Wildman–Crippen LogP) is 5.43. The van der Waals surface area contributed by atoms with Crippen molar-refractivity contribution in [1.82, 2.24) is 15.0 Å². The minimum Gasteiger partial charge on any atom is -0.244 e. The first kappa shape index (κ1) is 15.0. The van der Waals surface area contributed by atoms with E-state index in [1.165, 1.54) is 0 Å². The van der Waals surface area contributed by atoms with Crippen LogP contribution >= 0.6 is 15.9 Å². The molecule has 116 valence electrons. The molecule has 4 aromatic rings. The molecule has 2 aromatic heterocycles. The highest BCUT2D eigenvalue weighted by Gasteiger charge is 2.09. The van der Waals surface area contributed by atoms with Gasteiger partial charge in [0.2, 0.25) is 0 Å². The van der Waals surface area contributed by atoms with Gasteiger partial charge in [-0.2, -0.15) is 0 Å². The smallest absolute Gasteiger partial charge is 0.178 e. The van der Waals surface area contributed by atoms with Crippen LogP contribution in [0.4, 0.5) is 0 Å². The highest BCUT2D eigenvalue weighted by atomic mass is 79.9. The zero-order chi connectivity index (χ0) is 16.5. The number of aryl methyl sites for hydroxylation is 1. The second-order valence-electron chi connectivity index (χ2n) is 5.62. The SMILES string of the molecule is Cc1ccc(-c2ncc3cc(Br)ccc3n2)nc1-c1ccccc1. The van der Waals surface area contributed by atoms with Crippen LogP contribution in [0.15, 0.2) is 71.3 Å². The fourth-order valence-corrected chi connectivity index (χ4v) is 3.05. The number of nitrogens with zero attached hydrogens (tertiary/aromatic N) is 3. The number of benzene rings is 2. The third-order valence-electron chi connectivity index (χ3n) is 3.92. The van der Waals surface area contributed by atoms with Crippen LogP contribution < -0.4 is 0 Å². The van der Waals surface area contributed by atoms with Gasteiger partial charge in [0.15, 0.2) is 5.82 Å². The minimum atomic E-state index is 0.641. The Morgan fingerprint density at radius 2 is 1.71 bits per heavy atom. The summed E-state index contributed by atoms with van der Waals surface area (Å²) < 4.78 is 1.02. The molecule has 0 aliphatic carbocycles. The molecule has 0 N–H and O–H groups in total. The summed E-state index contributed by atoms with van der Waals surface area (Å²) in [5, 5.41) is 1.00. The third kappa shape index (κ3) is 2.81. The first-order valence-electron chi connectivity index (χ1n) is 7.66. The molecule has 4 heteroatoms. The van der Waals surface area contributed by atoms with E-state index in [9.17, 15) is 0 Å². The molecule has 0 bridgehead atoms. The first-order chi connectivity index (χ1) is 11.7. The van der Waals surface area contributed by atoms with E-state index in [-0.39, 0.29) is 0 Å². The Hall–Kier alpha value is -2.59. The summed E-state index contributed by atoms with van der Waals surface area (Å²) in [4.78, 5) is 13.9. The fraction of sp³-hybridized carbons (Fsp3) is 0.0500. The minimum absolute atomic E-state index is 0.641. The third-order valence-corrected chi connectivity index (χ3v) is 4.41.